The van der Waals surface area contributed by atoms with Gasteiger partial charge >= 0.3 is 0 Å². The van der Waals surface area contributed by atoms with E-state index in [2.05, 4.69) is 15.8 Å². The van der Waals surface area contributed by atoms with Gasteiger partial charge in [0, 0.05) is 11.3 Å². The molecule has 0 aliphatic heterocycles. The van der Waals surface area contributed by atoms with Gasteiger partial charge < -0.3 is 19.9 Å². The zero-order chi connectivity index (χ0) is 18.4. The van der Waals surface area contributed by atoms with Crippen molar-refractivity contribution in [1.29, 1.82) is 0 Å². The first-order chi connectivity index (χ1) is 11.9. The average molecular weight is 400 g/mol. The fraction of sp³-hybridized carbons (Fsp3) is 0.125. The lowest BCUT2D eigenvalue weighted by molar-refractivity contribution is 0.340. The topological polar surface area (TPSA) is 75.1 Å². The van der Waals surface area contributed by atoms with Crippen LogP contribution in [0, 0.1) is 0 Å². The van der Waals surface area contributed by atoms with Crippen molar-refractivity contribution in [3.8, 4) is 17.2 Å². The summed E-state index contributed by atoms with van der Waals surface area (Å²) in [7, 11) is 2.90. The first-order valence-corrected chi connectivity index (χ1v) is 8.11. The molecular formula is C16H15Cl2N3O3S. The molecule has 25 heavy (non-hydrogen) atoms. The van der Waals surface area contributed by atoms with Gasteiger partial charge in [-0.3, -0.25) is 5.43 Å². The number of rotatable bonds is 5. The molecule has 0 saturated heterocycles. The van der Waals surface area contributed by atoms with Crippen molar-refractivity contribution in [2.24, 2.45) is 5.10 Å². The number of benzene rings is 2. The molecule has 132 valence electrons. The number of ether oxygens (including phenoxy) is 2. The highest BCUT2D eigenvalue weighted by molar-refractivity contribution is 7.80. The molecule has 0 spiro atoms. The van der Waals surface area contributed by atoms with E-state index in [1.54, 1.807) is 30.3 Å². The Bertz CT molecular complexity index is 790. The lowest BCUT2D eigenvalue weighted by atomic mass is 10.2. The van der Waals surface area contributed by atoms with Crippen molar-refractivity contribution in [2.45, 2.75) is 0 Å². The number of anilines is 1. The van der Waals surface area contributed by atoms with E-state index < -0.39 is 0 Å². The van der Waals surface area contributed by atoms with Gasteiger partial charge in [-0.05, 0) is 42.5 Å². The Hall–Kier alpha value is -2.22. The van der Waals surface area contributed by atoms with Crippen LogP contribution in [0.5, 0.6) is 17.2 Å². The minimum absolute atomic E-state index is 0.0769. The van der Waals surface area contributed by atoms with Crippen LogP contribution in [0.2, 0.25) is 10.0 Å². The van der Waals surface area contributed by atoms with E-state index in [1.807, 2.05) is 0 Å². The number of halogens is 2. The van der Waals surface area contributed by atoms with Crippen molar-refractivity contribution in [1.82, 2.24) is 5.43 Å². The summed E-state index contributed by atoms with van der Waals surface area (Å²) >= 11 is 16.9. The molecule has 9 heteroatoms. The van der Waals surface area contributed by atoms with Crippen LogP contribution in [0.1, 0.15) is 5.56 Å². The Labute approximate surface area is 160 Å². The maximum absolute atomic E-state index is 9.87. The maximum atomic E-state index is 9.87. The molecule has 0 fully saturated rings. The van der Waals surface area contributed by atoms with Gasteiger partial charge in [0.1, 0.15) is 0 Å². The standard InChI is InChI=1S/C16H15Cl2N3O3S/c1-23-13-5-9(6-14(24-2)15(13)22)8-19-21-16(25)20-10-3-4-11(17)12(18)7-10/h3-8,22H,1-2H3,(H2,20,21,25)/b19-8+. The monoisotopic (exact) mass is 399 g/mol. The van der Waals surface area contributed by atoms with Crippen molar-refractivity contribution in [2.75, 3.05) is 19.5 Å². The zero-order valence-electron chi connectivity index (χ0n) is 13.3. The molecule has 0 heterocycles. The van der Waals surface area contributed by atoms with E-state index >= 15 is 0 Å². The average Bonchev–Trinajstić information content (AvgIpc) is 2.59. The summed E-state index contributed by atoms with van der Waals surface area (Å²) in [6.07, 6.45) is 1.51. The molecule has 0 amide bonds. The van der Waals surface area contributed by atoms with Gasteiger partial charge in [0.15, 0.2) is 16.6 Å². The fourth-order valence-electron chi connectivity index (χ4n) is 1.89. The van der Waals surface area contributed by atoms with Crippen LogP contribution in [0.25, 0.3) is 0 Å². The smallest absolute Gasteiger partial charge is 0.200 e. The number of nitrogens with one attached hydrogen (secondary N) is 2. The molecule has 3 N–H and O–H groups in total. The Morgan fingerprint density at radius 2 is 1.76 bits per heavy atom. The summed E-state index contributed by atoms with van der Waals surface area (Å²) in [5.74, 6) is 0.474. The number of phenols is 1. The minimum atomic E-state index is -0.0769. The van der Waals surface area contributed by atoms with Crippen molar-refractivity contribution < 1.29 is 14.6 Å². The normalized spacial score (nSPS) is 10.6. The van der Waals surface area contributed by atoms with E-state index in [0.717, 1.165) is 0 Å². The summed E-state index contributed by atoms with van der Waals surface area (Å²) in [5.41, 5.74) is 4.00. The molecule has 2 rings (SSSR count). The van der Waals surface area contributed by atoms with Crippen LogP contribution >= 0.6 is 35.4 Å². The van der Waals surface area contributed by atoms with Crippen LogP contribution in [0.15, 0.2) is 35.4 Å². The molecule has 0 aliphatic rings. The van der Waals surface area contributed by atoms with Crippen LogP contribution in [-0.2, 0) is 0 Å². The number of nitrogens with zero attached hydrogens (tertiary/aromatic N) is 1. The summed E-state index contributed by atoms with van der Waals surface area (Å²) in [6, 6.07) is 8.27. The van der Waals surface area contributed by atoms with Gasteiger partial charge in [0.05, 0.1) is 30.5 Å². The van der Waals surface area contributed by atoms with Crippen LogP contribution in [0.4, 0.5) is 5.69 Å². The number of aromatic hydroxyl groups is 1. The molecular weight excluding hydrogens is 385 g/mol. The molecule has 0 aliphatic carbocycles. The second-order valence-electron chi connectivity index (χ2n) is 4.73. The van der Waals surface area contributed by atoms with E-state index in [-0.39, 0.29) is 22.4 Å². The Morgan fingerprint density at radius 3 is 2.32 bits per heavy atom. The van der Waals surface area contributed by atoms with E-state index in [4.69, 9.17) is 44.9 Å². The lowest BCUT2D eigenvalue weighted by Crippen LogP contribution is -2.23. The van der Waals surface area contributed by atoms with Crippen LogP contribution in [-0.4, -0.2) is 30.7 Å². The largest absolute Gasteiger partial charge is 0.502 e. The fourth-order valence-corrected chi connectivity index (χ4v) is 2.36. The second-order valence-corrected chi connectivity index (χ2v) is 5.95. The van der Waals surface area contributed by atoms with Crippen LogP contribution in [0.3, 0.4) is 0 Å². The summed E-state index contributed by atoms with van der Waals surface area (Å²) in [6.45, 7) is 0. The summed E-state index contributed by atoms with van der Waals surface area (Å²) < 4.78 is 10.2. The third-order valence-corrected chi connectivity index (χ3v) is 3.99. The Morgan fingerprint density at radius 1 is 1.12 bits per heavy atom. The number of thiocarbonyl (C=S) groups is 1. The molecule has 0 radical (unpaired) electrons. The third kappa shape index (κ3) is 5.12. The minimum Gasteiger partial charge on any atom is -0.502 e. The SMILES string of the molecule is COc1cc(/C=N/NC(=S)Nc2ccc(Cl)c(Cl)c2)cc(OC)c1O. The zero-order valence-corrected chi connectivity index (χ0v) is 15.7. The van der Waals surface area contributed by atoms with E-state index in [1.165, 1.54) is 20.4 Å². The second kappa shape index (κ2) is 8.75. The molecule has 0 saturated carbocycles. The number of hydrogen-bond acceptors (Lipinski definition) is 5. The third-order valence-electron chi connectivity index (χ3n) is 3.06. The Kier molecular flexibility index (Phi) is 6.69. The highest BCUT2D eigenvalue weighted by Gasteiger charge is 2.10. The summed E-state index contributed by atoms with van der Waals surface area (Å²) in [5, 5.41) is 18.0. The predicted molar refractivity (Wildman–Crippen MR) is 105 cm³/mol. The predicted octanol–water partition coefficient (Wildman–Crippen LogP) is 4.04. The molecule has 0 atom stereocenters. The Balaban J connectivity index is 2.02. The lowest BCUT2D eigenvalue weighted by Gasteiger charge is -2.10. The maximum Gasteiger partial charge on any atom is 0.200 e. The molecule has 0 unspecified atom stereocenters. The highest BCUT2D eigenvalue weighted by atomic mass is 35.5. The van der Waals surface area contributed by atoms with Crippen LogP contribution < -0.4 is 20.2 Å². The van der Waals surface area contributed by atoms with Gasteiger partial charge in [-0.25, -0.2) is 0 Å². The van der Waals surface area contributed by atoms with Gasteiger partial charge in [-0.1, -0.05) is 23.2 Å². The van der Waals surface area contributed by atoms with Gasteiger partial charge in [-0.2, -0.15) is 5.10 Å². The van der Waals surface area contributed by atoms with Crippen molar-refractivity contribution in [3.63, 3.8) is 0 Å². The first kappa shape index (κ1) is 19.1. The number of hydrogen-bond donors (Lipinski definition) is 3. The van der Waals surface area contributed by atoms with Gasteiger partial charge in [-0.15, -0.1) is 0 Å². The number of phenolic OH excluding ortho intramolecular Hbond substituents is 1. The molecule has 2 aromatic rings. The quantitative estimate of drug-likeness (QED) is 0.400. The molecule has 6 nitrogen and oxygen atoms in total. The van der Waals surface area contributed by atoms with E-state index in [0.29, 0.717) is 21.3 Å². The van der Waals surface area contributed by atoms with E-state index in [9.17, 15) is 5.11 Å². The number of methoxy groups -OCH3 is 2. The summed E-state index contributed by atoms with van der Waals surface area (Å²) in [4.78, 5) is 0. The molecule has 0 bridgehead atoms. The van der Waals surface area contributed by atoms with Gasteiger partial charge in [0.2, 0.25) is 5.75 Å². The van der Waals surface area contributed by atoms with Crippen molar-refractivity contribution in [3.05, 3.63) is 45.9 Å². The molecule has 2 aromatic carbocycles. The highest BCUT2D eigenvalue weighted by Crippen LogP contribution is 2.36. The molecule has 0 aromatic heterocycles. The van der Waals surface area contributed by atoms with Crippen molar-refractivity contribution >= 4 is 52.4 Å². The number of hydrazone groups is 1. The first-order valence-electron chi connectivity index (χ1n) is 6.94. The van der Waals surface area contributed by atoms with Gasteiger partial charge in [0.25, 0.3) is 0 Å².